The van der Waals surface area contributed by atoms with Crippen LogP contribution >= 0.6 is 23.1 Å². The summed E-state index contributed by atoms with van der Waals surface area (Å²) in [6, 6.07) is 3.63. The van der Waals surface area contributed by atoms with Crippen molar-refractivity contribution in [1.29, 1.82) is 0 Å². The summed E-state index contributed by atoms with van der Waals surface area (Å²) < 4.78 is 0. The van der Waals surface area contributed by atoms with Crippen molar-refractivity contribution < 1.29 is 4.79 Å². The minimum Gasteiger partial charge on any atom is -0.337 e. The third-order valence-electron chi connectivity index (χ3n) is 2.52. The molecule has 2 heterocycles. The number of carbonyl (C=O) groups is 1. The number of aromatic nitrogens is 2. The number of pyridine rings is 1. The molecule has 0 saturated heterocycles. The molecule has 5 nitrogen and oxygen atoms in total. The van der Waals surface area contributed by atoms with Gasteiger partial charge in [-0.2, -0.15) is 11.8 Å². The molecule has 0 aliphatic rings. The zero-order valence-electron chi connectivity index (χ0n) is 11.3. The molecular formula is C13H16N4OS2. The Morgan fingerprint density at radius 2 is 2.35 bits per heavy atom. The Kier molecular flexibility index (Phi) is 5.37. The Morgan fingerprint density at radius 1 is 1.50 bits per heavy atom. The zero-order chi connectivity index (χ0) is 14.4. The van der Waals surface area contributed by atoms with Crippen LogP contribution < -0.4 is 10.6 Å². The molecule has 0 aliphatic carbocycles. The fraction of sp³-hybridized carbons (Fsp3) is 0.308. The van der Waals surface area contributed by atoms with Crippen LogP contribution in [0.15, 0.2) is 24.5 Å². The number of hydrogen-bond acceptors (Lipinski definition) is 5. The predicted molar refractivity (Wildman–Crippen MR) is 85.5 cm³/mol. The lowest BCUT2D eigenvalue weighted by Crippen LogP contribution is -2.30. The number of hydrogen-bond donors (Lipinski definition) is 2. The first kappa shape index (κ1) is 14.8. The molecule has 0 aromatic carbocycles. The summed E-state index contributed by atoms with van der Waals surface area (Å²) in [5.74, 6) is 0.899. The van der Waals surface area contributed by atoms with E-state index in [1.54, 1.807) is 24.2 Å². The highest BCUT2D eigenvalue weighted by Gasteiger charge is 2.11. The topological polar surface area (TPSA) is 66.9 Å². The van der Waals surface area contributed by atoms with E-state index in [4.69, 9.17) is 0 Å². The number of nitrogens with zero attached hydrogens (tertiary/aromatic N) is 2. The number of thioether (sulfide) groups is 1. The van der Waals surface area contributed by atoms with Crippen LogP contribution in [0.2, 0.25) is 0 Å². The van der Waals surface area contributed by atoms with Gasteiger partial charge < -0.3 is 5.32 Å². The van der Waals surface area contributed by atoms with E-state index in [0.717, 1.165) is 27.0 Å². The SMILES string of the molecule is CSCCNC(=O)Nc1sc(-c2cccnc2)nc1C. The Balaban J connectivity index is 2.03. The maximum absolute atomic E-state index is 11.7. The quantitative estimate of drug-likeness (QED) is 0.833. The van der Waals surface area contributed by atoms with Crippen LogP contribution in [0, 0.1) is 6.92 Å². The van der Waals surface area contributed by atoms with Gasteiger partial charge in [-0.1, -0.05) is 11.3 Å². The molecule has 2 amide bonds. The van der Waals surface area contributed by atoms with Crippen molar-refractivity contribution in [2.24, 2.45) is 0 Å². The summed E-state index contributed by atoms with van der Waals surface area (Å²) >= 11 is 3.15. The minimum absolute atomic E-state index is 0.191. The van der Waals surface area contributed by atoms with Gasteiger partial charge in [-0.3, -0.25) is 10.3 Å². The van der Waals surface area contributed by atoms with Crippen molar-refractivity contribution >= 4 is 34.1 Å². The summed E-state index contributed by atoms with van der Waals surface area (Å²) in [7, 11) is 0. The van der Waals surface area contributed by atoms with Gasteiger partial charge in [0.15, 0.2) is 0 Å². The zero-order valence-corrected chi connectivity index (χ0v) is 13.0. The number of rotatable bonds is 5. The van der Waals surface area contributed by atoms with Crippen LogP contribution in [0.3, 0.4) is 0 Å². The molecule has 2 aromatic heterocycles. The average Bonchev–Trinajstić information content (AvgIpc) is 2.81. The molecule has 2 N–H and O–H groups in total. The van der Waals surface area contributed by atoms with Gasteiger partial charge in [-0.15, -0.1) is 0 Å². The van der Waals surface area contributed by atoms with E-state index in [9.17, 15) is 4.79 Å². The van der Waals surface area contributed by atoms with E-state index in [-0.39, 0.29) is 6.03 Å². The average molecular weight is 308 g/mol. The molecule has 2 aromatic rings. The highest BCUT2D eigenvalue weighted by Crippen LogP contribution is 2.31. The summed E-state index contributed by atoms with van der Waals surface area (Å²) in [5, 5.41) is 7.27. The van der Waals surface area contributed by atoms with Crippen LogP contribution in [0.4, 0.5) is 9.80 Å². The van der Waals surface area contributed by atoms with Gasteiger partial charge in [-0.05, 0) is 25.3 Å². The van der Waals surface area contributed by atoms with E-state index >= 15 is 0 Å². The van der Waals surface area contributed by atoms with E-state index < -0.39 is 0 Å². The van der Waals surface area contributed by atoms with Gasteiger partial charge in [-0.25, -0.2) is 9.78 Å². The molecule has 20 heavy (non-hydrogen) atoms. The van der Waals surface area contributed by atoms with Crippen LogP contribution in [0.1, 0.15) is 5.69 Å². The maximum atomic E-state index is 11.7. The summed E-state index contributed by atoms with van der Waals surface area (Å²) in [6.07, 6.45) is 5.50. The number of urea groups is 1. The van der Waals surface area contributed by atoms with Gasteiger partial charge in [0.2, 0.25) is 0 Å². The van der Waals surface area contributed by atoms with E-state index in [1.165, 1.54) is 11.3 Å². The van der Waals surface area contributed by atoms with Crippen molar-refractivity contribution in [3.05, 3.63) is 30.2 Å². The summed E-state index contributed by atoms with van der Waals surface area (Å²) in [6.45, 7) is 2.54. The lowest BCUT2D eigenvalue weighted by molar-refractivity contribution is 0.252. The summed E-state index contributed by atoms with van der Waals surface area (Å²) in [5.41, 5.74) is 1.77. The first-order valence-corrected chi connectivity index (χ1v) is 8.33. The largest absolute Gasteiger partial charge is 0.337 e. The van der Waals surface area contributed by atoms with Gasteiger partial charge >= 0.3 is 6.03 Å². The molecule has 0 radical (unpaired) electrons. The Bertz CT molecular complexity index is 571. The van der Waals surface area contributed by atoms with Crippen molar-refractivity contribution in [2.45, 2.75) is 6.92 Å². The van der Waals surface area contributed by atoms with Gasteiger partial charge in [0, 0.05) is 30.3 Å². The molecule has 0 bridgehead atoms. The third-order valence-corrected chi connectivity index (χ3v) is 4.26. The normalized spacial score (nSPS) is 10.3. The highest BCUT2D eigenvalue weighted by atomic mass is 32.2. The molecule has 106 valence electrons. The molecule has 0 spiro atoms. The second-order valence-electron chi connectivity index (χ2n) is 4.05. The summed E-state index contributed by atoms with van der Waals surface area (Å²) in [4.78, 5) is 20.3. The lowest BCUT2D eigenvalue weighted by Gasteiger charge is -2.04. The smallest absolute Gasteiger partial charge is 0.319 e. The number of nitrogens with one attached hydrogen (secondary N) is 2. The Labute approximate surface area is 126 Å². The lowest BCUT2D eigenvalue weighted by atomic mass is 10.3. The first-order chi connectivity index (χ1) is 9.70. The fourth-order valence-electron chi connectivity index (χ4n) is 1.54. The molecule has 0 saturated carbocycles. The van der Waals surface area contributed by atoms with Crippen molar-refractivity contribution in [1.82, 2.24) is 15.3 Å². The van der Waals surface area contributed by atoms with Crippen LogP contribution in [-0.4, -0.2) is 34.6 Å². The molecule has 0 aliphatic heterocycles. The number of carbonyl (C=O) groups excluding carboxylic acids is 1. The molecule has 7 heteroatoms. The van der Waals surface area contributed by atoms with E-state index in [1.807, 2.05) is 25.3 Å². The van der Waals surface area contributed by atoms with Crippen LogP contribution in [0.5, 0.6) is 0 Å². The number of amides is 2. The second kappa shape index (κ2) is 7.25. The minimum atomic E-state index is -0.191. The van der Waals surface area contributed by atoms with Crippen LogP contribution in [-0.2, 0) is 0 Å². The van der Waals surface area contributed by atoms with Crippen LogP contribution in [0.25, 0.3) is 10.6 Å². The fourth-order valence-corrected chi connectivity index (χ4v) is 2.80. The van der Waals surface area contributed by atoms with Crippen molar-refractivity contribution in [3.63, 3.8) is 0 Å². The van der Waals surface area contributed by atoms with Crippen molar-refractivity contribution in [2.75, 3.05) is 23.9 Å². The molecule has 0 unspecified atom stereocenters. The number of anilines is 1. The predicted octanol–water partition coefficient (Wildman–Crippen LogP) is 3.00. The van der Waals surface area contributed by atoms with Gasteiger partial charge in [0.1, 0.15) is 10.0 Å². The second-order valence-corrected chi connectivity index (χ2v) is 6.03. The maximum Gasteiger partial charge on any atom is 0.319 e. The molecule has 0 atom stereocenters. The highest BCUT2D eigenvalue weighted by molar-refractivity contribution is 7.98. The Hall–Kier alpha value is -1.60. The van der Waals surface area contributed by atoms with Crippen molar-refractivity contribution in [3.8, 4) is 10.6 Å². The van der Waals surface area contributed by atoms with E-state index in [2.05, 4.69) is 20.6 Å². The molecular weight excluding hydrogens is 292 g/mol. The number of aryl methyl sites for hydroxylation is 1. The number of thiazole rings is 1. The first-order valence-electron chi connectivity index (χ1n) is 6.12. The van der Waals surface area contributed by atoms with Gasteiger partial charge in [0.05, 0.1) is 5.69 Å². The Morgan fingerprint density at radius 3 is 3.05 bits per heavy atom. The van der Waals surface area contributed by atoms with E-state index in [0.29, 0.717) is 6.54 Å². The third kappa shape index (κ3) is 3.94. The van der Waals surface area contributed by atoms with Gasteiger partial charge in [0.25, 0.3) is 0 Å². The molecule has 2 rings (SSSR count). The molecule has 0 fully saturated rings. The standard InChI is InChI=1S/C13H16N4OS2/c1-9-11(17-13(18)15-6-7-19-2)20-12(16-9)10-4-3-5-14-8-10/h3-5,8H,6-7H2,1-2H3,(H2,15,17,18). The monoisotopic (exact) mass is 308 g/mol.